The number of hydrogen-bond acceptors (Lipinski definition) is 5. The second kappa shape index (κ2) is 4.65. The molecule has 1 amide bonds. The predicted octanol–water partition coefficient (Wildman–Crippen LogP) is 0.295. The van der Waals surface area contributed by atoms with E-state index in [2.05, 4.69) is 9.84 Å². The minimum absolute atomic E-state index is 0.102. The molecule has 0 atom stereocenters. The van der Waals surface area contributed by atoms with Gasteiger partial charge in [0.1, 0.15) is 0 Å². The molecule has 1 rings (SSSR count). The first-order chi connectivity index (χ1) is 7.47. The number of carbonyl (C=O) groups is 2. The van der Waals surface area contributed by atoms with Crippen molar-refractivity contribution in [2.45, 2.75) is 6.92 Å². The summed E-state index contributed by atoms with van der Waals surface area (Å²) < 4.78 is 5.41. The zero-order chi connectivity index (χ0) is 12.3. The second-order valence-electron chi connectivity index (χ2n) is 3.20. The molecule has 0 spiro atoms. The average molecular weight is 227 g/mol. The van der Waals surface area contributed by atoms with Crippen LogP contribution < -0.4 is 0 Å². The van der Waals surface area contributed by atoms with E-state index in [1.165, 1.54) is 19.0 Å². The van der Waals surface area contributed by atoms with Gasteiger partial charge in [-0.15, -0.1) is 4.68 Å². The molecule has 0 saturated heterocycles. The molecule has 0 bridgehead atoms. The van der Waals surface area contributed by atoms with Crippen molar-refractivity contribution in [2.24, 2.45) is 0 Å². The third-order valence-electron chi connectivity index (χ3n) is 1.74. The van der Waals surface area contributed by atoms with Crippen LogP contribution in [0, 0.1) is 0 Å². The number of aromatic nitrogens is 2. The molecule has 0 radical (unpaired) electrons. The Bertz CT molecular complexity index is 411. The third kappa shape index (κ3) is 2.30. The molecule has 1 N–H and O–H groups in total. The Kier molecular flexibility index (Phi) is 3.49. The van der Waals surface area contributed by atoms with Gasteiger partial charge in [0, 0.05) is 20.2 Å². The van der Waals surface area contributed by atoms with Gasteiger partial charge in [-0.2, -0.15) is 5.10 Å². The van der Waals surface area contributed by atoms with Gasteiger partial charge in [-0.3, -0.25) is 0 Å². The topological polar surface area (TPSA) is 84.7 Å². The fourth-order valence-corrected chi connectivity index (χ4v) is 1.01. The highest BCUT2D eigenvalue weighted by Gasteiger charge is 2.19. The summed E-state index contributed by atoms with van der Waals surface area (Å²) in [5, 5.41) is 13.1. The average Bonchev–Trinajstić information content (AvgIpc) is 2.59. The molecule has 0 aliphatic rings. The number of esters is 1. The molecule has 0 saturated carbocycles. The number of hydrogen-bond donors (Lipinski definition) is 1. The van der Waals surface area contributed by atoms with E-state index >= 15 is 0 Å². The summed E-state index contributed by atoms with van der Waals surface area (Å²) in [5.74, 6) is -1.08. The van der Waals surface area contributed by atoms with Gasteiger partial charge in [0.15, 0.2) is 5.69 Å². The SMILES string of the molecule is CCOC(=O)c1cc(O)n(C(=O)N(C)C)n1. The van der Waals surface area contributed by atoms with Crippen LogP contribution in [-0.2, 0) is 4.74 Å². The Hall–Kier alpha value is -2.05. The molecule has 88 valence electrons. The number of amides is 1. The fourth-order valence-electron chi connectivity index (χ4n) is 1.01. The van der Waals surface area contributed by atoms with Gasteiger partial charge in [0.05, 0.1) is 6.61 Å². The molecular weight excluding hydrogens is 214 g/mol. The summed E-state index contributed by atoms with van der Waals surface area (Å²) in [6.45, 7) is 1.85. The van der Waals surface area contributed by atoms with Crippen molar-refractivity contribution >= 4 is 12.0 Å². The summed E-state index contributed by atoms with van der Waals surface area (Å²) in [7, 11) is 3.01. The highest BCUT2D eigenvalue weighted by molar-refractivity contribution is 5.89. The number of carbonyl (C=O) groups excluding carboxylic acids is 2. The Morgan fingerprint density at radius 1 is 1.56 bits per heavy atom. The summed E-state index contributed by atoms with van der Waals surface area (Å²) >= 11 is 0. The zero-order valence-electron chi connectivity index (χ0n) is 9.30. The van der Waals surface area contributed by atoms with E-state index in [0.717, 1.165) is 10.7 Å². The number of ether oxygens (including phenoxy) is 1. The van der Waals surface area contributed by atoms with Gasteiger partial charge in [-0.05, 0) is 6.92 Å². The van der Waals surface area contributed by atoms with Crippen LogP contribution in [0.3, 0.4) is 0 Å². The number of aromatic hydroxyl groups is 1. The van der Waals surface area contributed by atoms with Crippen molar-refractivity contribution < 1.29 is 19.4 Å². The molecule has 0 fully saturated rings. The Morgan fingerprint density at radius 3 is 2.69 bits per heavy atom. The molecule has 7 nitrogen and oxygen atoms in total. The van der Waals surface area contributed by atoms with E-state index in [1.807, 2.05) is 0 Å². The Labute approximate surface area is 92.2 Å². The van der Waals surface area contributed by atoms with E-state index < -0.39 is 17.9 Å². The van der Waals surface area contributed by atoms with Crippen LogP contribution in [0.15, 0.2) is 6.07 Å². The van der Waals surface area contributed by atoms with E-state index in [1.54, 1.807) is 6.92 Å². The van der Waals surface area contributed by atoms with Crippen molar-refractivity contribution in [3.63, 3.8) is 0 Å². The number of rotatable bonds is 2. The molecule has 1 heterocycles. The number of nitrogens with zero attached hydrogens (tertiary/aromatic N) is 3. The molecule has 0 aromatic carbocycles. The summed E-state index contributed by atoms with van der Waals surface area (Å²) in [6, 6.07) is 0.535. The molecular formula is C9H13N3O4. The van der Waals surface area contributed by atoms with Gasteiger partial charge in [-0.25, -0.2) is 9.59 Å². The molecule has 1 aromatic heterocycles. The van der Waals surface area contributed by atoms with Gasteiger partial charge in [0.25, 0.3) is 0 Å². The standard InChI is InChI=1S/C9H13N3O4/c1-4-16-8(14)6-5-7(13)12(10-6)9(15)11(2)3/h5,13H,4H2,1-3H3. The lowest BCUT2D eigenvalue weighted by Crippen LogP contribution is -2.28. The first kappa shape index (κ1) is 12.0. The zero-order valence-corrected chi connectivity index (χ0v) is 9.30. The van der Waals surface area contributed by atoms with Gasteiger partial charge >= 0.3 is 12.0 Å². The summed E-state index contributed by atoms with van der Waals surface area (Å²) in [4.78, 5) is 24.0. The van der Waals surface area contributed by atoms with Gasteiger partial charge in [-0.1, -0.05) is 0 Å². The normalized spacial score (nSPS) is 9.94. The first-order valence-corrected chi connectivity index (χ1v) is 4.65. The molecule has 1 aromatic rings. The van der Waals surface area contributed by atoms with E-state index in [0.29, 0.717) is 0 Å². The van der Waals surface area contributed by atoms with Crippen LogP contribution >= 0.6 is 0 Å². The lowest BCUT2D eigenvalue weighted by molar-refractivity contribution is 0.0519. The maximum absolute atomic E-state index is 11.5. The molecule has 0 aliphatic heterocycles. The van der Waals surface area contributed by atoms with Crippen molar-refractivity contribution in [1.29, 1.82) is 0 Å². The maximum Gasteiger partial charge on any atom is 0.358 e. The second-order valence-corrected chi connectivity index (χ2v) is 3.20. The smallest absolute Gasteiger partial charge is 0.358 e. The van der Waals surface area contributed by atoms with Crippen LogP contribution in [0.5, 0.6) is 5.88 Å². The van der Waals surface area contributed by atoms with Crippen LogP contribution in [-0.4, -0.2) is 52.5 Å². The lowest BCUT2D eigenvalue weighted by atomic mass is 10.4. The van der Waals surface area contributed by atoms with E-state index in [-0.39, 0.29) is 12.3 Å². The maximum atomic E-state index is 11.5. The molecule has 16 heavy (non-hydrogen) atoms. The first-order valence-electron chi connectivity index (χ1n) is 4.65. The highest BCUT2D eigenvalue weighted by Crippen LogP contribution is 2.12. The fraction of sp³-hybridized carbons (Fsp3) is 0.444. The predicted molar refractivity (Wildman–Crippen MR) is 54.3 cm³/mol. The Balaban J connectivity index is 2.98. The Morgan fingerprint density at radius 2 is 2.19 bits per heavy atom. The van der Waals surface area contributed by atoms with Crippen LogP contribution in [0.4, 0.5) is 4.79 Å². The lowest BCUT2D eigenvalue weighted by Gasteiger charge is -2.09. The van der Waals surface area contributed by atoms with Crippen LogP contribution in [0.1, 0.15) is 17.4 Å². The van der Waals surface area contributed by atoms with E-state index in [4.69, 9.17) is 0 Å². The molecule has 0 aliphatic carbocycles. The summed E-state index contributed by atoms with van der Waals surface area (Å²) in [6.07, 6.45) is 0. The van der Waals surface area contributed by atoms with Crippen LogP contribution in [0.25, 0.3) is 0 Å². The van der Waals surface area contributed by atoms with Crippen molar-refractivity contribution in [3.8, 4) is 5.88 Å². The molecule has 0 unspecified atom stereocenters. The minimum Gasteiger partial charge on any atom is -0.493 e. The van der Waals surface area contributed by atoms with Gasteiger partial charge < -0.3 is 14.7 Å². The summed E-state index contributed by atoms with van der Waals surface area (Å²) in [5.41, 5.74) is -0.102. The van der Waals surface area contributed by atoms with Gasteiger partial charge in [0.2, 0.25) is 5.88 Å². The van der Waals surface area contributed by atoms with Crippen molar-refractivity contribution in [2.75, 3.05) is 20.7 Å². The van der Waals surface area contributed by atoms with Crippen molar-refractivity contribution in [3.05, 3.63) is 11.8 Å². The minimum atomic E-state index is -0.678. The van der Waals surface area contributed by atoms with E-state index in [9.17, 15) is 14.7 Å². The third-order valence-corrected chi connectivity index (χ3v) is 1.74. The van der Waals surface area contributed by atoms with Crippen molar-refractivity contribution in [1.82, 2.24) is 14.7 Å². The highest BCUT2D eigenvalue weighted by atomic mass is 16.5. The largest absolute Gasteiger partial charge is 0.493 e. The van der Waals surface area contributed by atoms with Crippen LogP contribution in [0.2, 0.25) is 0 Å². The molecule has 7 heteroatoms. The monoisotopic (exact) mass is 227 g/mol. The quantitative estimate of drug-likeness (QED) is 0.734.